The first kappa shape index (κ1) is 11.0. The van der Waals surface area contributed by atoms with Crippen molar-refractivity contribution in [1.82, 2.24) is 5.32 Å². The molecule has 0 fully saturated rings. The maximum absolute atomic E-state index is 4.12. The van der Waals surface area contributed by atoms with Gasteiger partial charge in [0.05, 0.1) is 11.4 Å². The molecular weight excluding hydrogens is 148 g/mol. The van der Waals surface area contributed by atoms with Crippen LogP contribution in [0.1, 0.15) is 27.2 Å². The van der Waals surface area contributed by atoms with Crippen LogP contribution < -0.4 is 5.32 Å². The molecule has 0 aliphatic rings. The molecular formula is C10H18N2. The topological polar surface area (TPSA) is 24.4 Å². The van der Waals surface area contributed by atoms with Crippen LogP contribution in [0.25, 0.3) is 0 Å². The van der Waals surface area contributed by atoms with E-state index in [4.69, 9.17) is 0 Å². The van der Waals surface area contributed by atoms with Crippen molar-refractivity contribution < 1.29 is 0 Å². The SMILES string of the molecule is C=CN/C(C(C)=NC)=C(\C)CC. The zero-order valence-corrected chi connectivity index (χ0v) is 8.44. The number of aliphatic imine (C=N–C) groups is 1. The quantitative estimate of drug-likeness (QED) is 0.637. The first-order valence-corrected chi connectivity index (χ1v) is 4.18. The van der Waals surface area contributed by atoms with Crippen molar-refractivity contribution in [3.05, 3.63) is 24.0 Å². The molecule has 68 valence electrons. The van der Waals surface area contributed by atoms with Gasteiger partial charge in [-0.15, -0.1) is 0 Å². The first-order chi connectivity index (χ1) is 5.67. The van der Waals surface area contributed by atoms with E-state index in [-0.39, 0.29) is 0 Å². The molecule has 0 aromatic heterocycles. The Morgan fingerprint density at radius 1 is 1.50 bits per heavy atom. The van der Waals surface area contributed by atoms with E-state index in [1.54, 1.807) is 13.2 Å². The van der Waals surface area contributed by atoms with Gasteiger partial charge in [-0.1, -0.05) is 13.5 Å². The molecule has 0 aliphatic carbocycles. The van der Waals surface area contributed by atoms with Gasteiger partial charge >= 0.3 is 0 Å². The third-order valence-corrected chi connectivity index (χ3v) is 1.90. The second-order valence-corrected chi connectivity index (χ2v) is 2.67. The molecule has 0 aromatic carbocycles. The van der Waals surface area contributed by atoms with Crippen molar-refractivity contribution in [1.29, 1.82) is 0 Å². The number of rotatable bonds is 4. The summed E-state index contributed by atoms with van der Waals surface area (Å²) in [6.07, 6.45) is 2.71. The van der Waals surface area contributed by atoms with Crippen LogP contribution in [0, 0.1) is 0 Å². The number of hydrogen-bond donors (Lipinski definition) is 1. The molecule has 2 heteroatoms. The highest BCUT2D eigenvalue weighted by Crippen LogP contribution is 2.06. The average Bonchev–Trinajstić information content (AvgIpc) is 2.11. The van der Waals surface area contributed by atoms with E-state index in [1.807, 2.05) is 6.92 Å². The molecule has 2 nitrogen and oxygen atoms in total. The summed E-state index contributed by atoms with van der Waals surface area (Å²) in [5, 5.41) is 3.10. The van der Waals surface area contributed by atoms with Crippen LogP contribution in [-0.4, -0.2) is 12.8 Å². The van der Waals surface area contributed by atoms with E-state index in [0.29, 0.717) is 0 Å². The largest absolute Gasteiger partial charge is 0.361 e. The maximum Gasteiger partial charge on any atom is 0.0579 e. The average molecular weight is 166 g/mol. The van der Waals surface area contributed by atoms with E-state index < -0.39 is 0 Å². The van der Waals surface area contributed by atoms with Gasteiger partial charge in [0.1, 0.15) is 0 Å². The zero-order chi connectivity index (χ0) is 9.56. The van der Waals surface area contributed by atoms with Crippen LogP contribution in [0.5, 0.6) is 0 Å². The minimum Gasteiger partial charge on any atom is -0.361 e. The van der Waals surface area contributed by atoms with Gasteiger partial charge in [0.2, 0.25) is 0 Å². The van der Waals surface area contributed by atoms with Crippen molar-refractivity contribution in [3.8, 4) is 0 Å². The van der Waals surface area contributed by atoms with Gasteiger partial charge in [-0.05, 0) is 32.0 Å². The summed E-state index contributed by atoms with van der Waals surface area (Å²) < 4.78 is 0. The lowest BCUT2D eigenvalue weighted by Gasteiger charge is -2.09. The van der Waals surface area contributed by atoms with Crippen LogP contribution in [0.2, 0.25) is 0 Å². The van der Waals surface area contributed by atoms with Gasteiger partial charge in [0.15, 0.2) is 0 Å². The molecule has 0 aliphatic heterocycles. The summed E-state index contributed by atoms with van der Waals surface area (Å²) >= 11 is 0. The summed E-state index contributed by atoms with van der Waals surface area (Å²) in [5.41, 5.74) is 3.42. The Balaban J connectivity index is 4.76. The number of nitrogens with one attached hydrogen (secondary N) is 1. The Hall–Kier alpha value is -1.05. The number of hydrogen-bond acceptors (Lipinski definition) is 2. The Kier molecular flexibility index (Phi) is 5.09. The van der Waals surface area contributed by atoms with E-state index in [1.165, 1.54) is 5.57 Å². The summed E-state index contributed by atoms with van der Waals surface area (Å²) in [6.45, 7) is 9.85. The second-order valence-electron chi connectivity index (χ2n) is 2.67. The number of nitrogens with zero attached hydrogens (tertiary/aromatic N) is 1. The molecule has 0 bridgehead atoms. The summed E-state index contributed by atoms with van der Waals surface area (Å²) in [4.78, 5) is 4.12. The van der Waals surface area contributed by atoms with E-state index >= 15 is 0 Å². The minimum atomic E-state index is 1.02. The molecule has 0 spiro atoms. The van der Waals surface area contributed by atoms with Crippen molar-refractivity contribution in [3.63, 3.8) is 0 Å². The second kappa shape index (κ2) is 5.58. The fraction of sp³-hybridized carbons (Fsp3) is 0.500. The van der Waals surface area contributed by atoms with E-state index in [9.17, 15) is 0 Å². The van der Waals surface area contributed by atoms with Crippen molar-refractivity contribution in [2.45, 2.75) is 27.2 Å². The molecule has 0 rings (SSSR count). The molecule has 0 heterocycles. The molecule has 1 N–H and O–H groups in total. The highest BCUT2D eigenvalue weighted by atomic mass is 14.9. The fourth-order valence-electron chi connectivity index (χ4n) is 0.927. The van der Waals surface area contributed by atoms with Crippen molar-refractivity contribution >= 4 is 5.71 Å². The lowest BCUT2D eigenvalue weighted by molar-refractivity contribution is 1.01. The minimum absolute atomic E-state index is 1.02. The highest BCUT2D eigenvalue weighted by molar-refractivity contribution is 5.98. The molecule has 0 unspecified atom stereocenters. The number of allylic oxidation sites excluding steroid dienone is 2. The van der Waals surface area contributed by atoms with Crippen molar-refractivity contribution in [2.24, 2.45) is 4.99 Å². The first-order valence-electron chi connectivity index (χ1n) is 4.18. The van der Waals surface area contributed by atoms with E-state index in [0.717, 1.165) is 17.8 Å². The predicted octanol–water partition coefficient (Wildman–Crippen LogP) is 2.49. The van der Waals surface area contributed by atoms with Crippen molar-refractivity contribution in [2.75, 3.05) is 7.05 Å². The standard InChI is InChI=1S/C10H18N2/c1-6-8(3)10(12-7-2)9(4)11-5/h7,12H,2,6H2,1,3-5H3/b10-8+,11-9?. The van der Waals surface area contributed by atoms with Crippen LogP contribution in [0.3, 0.4) is 0 Å². The monoisotopic (exact) mass is 166 g/mol. The predicted molar refractivity (Wildman–Crippen MR) is 55.4 cm³/mol. The Morgan fingerprint density at radius 3 is 2.42 bits per heavy atom. The lowest BCUT2D eigenvalue weighted by atomic mass is 10.1. The molecule has 0 amide bonds. The molecule has 12 heavy (non-hydrogen) atoms. The van der Waals surface area contributed by atoms with Crippen LogP contribution in [0.4, 0.5) is 0 Å². The lowest BCUT2D eigenvalue weighted by Crippen LogP contribution is -2.14. The molecule has 0 saturated heterocycles. The van der Waals surface area contributed by atoms with Gasteiger partial charge in [-0.2, -0.15) is 0 Å². The van der Waals surface area contributed by atoms with Gasteiger partial charge in [-0.25, -0.2) is 0 Å². The summed E-state index contributed by atoms with van der Waals surface area (Å²) in [5.74, 6) is 0. The smallest absolute Gasteiger partial charge is 0.0579 e. The fourth-order valence-corrected chi connectivity index (χ4v) is 0.927. The highest BCUT2D eigenvalue weighted by Gasteiger charge is 2.01. The normalized spacial score (nSPS) is 13.8. The molecule has 0 radical (unpaired) electrons. The summed E-state index contributed by atoms with van der Waals surface area (Å²) in [6, 6.07) is 0. The van der Waals surface area contributed by atoms with Gasteiger partial charge in [0.25, 0.3) is 0 Å². The molecule has 0 saturated carbocycles. The van der Waals surface area contributed by atoms with Crippen LogP contribution >= 0.6 is 0 Å². The van der Waals surface area contributed by atoms with Gasteiger partial charge in [0, 0.05) is 7.05 Å². The Bertz CT molecular complexity index is 212. The Labute approximate surface area is 75.1 Å². The van der Waals surface area contributed by atoms with Crippen LogP contribution in [-0.2, 0) is 0 Å². The molecule has 0 aromatic rings. The third kappa shape index (κ3) is 2.91. The van der Waals surface area contributed by atoms with Gasteiger partial charge in [-0.3, -0.25) is 4.99 Å². The third-order valence-electron chi connectivity index (χ3n) is 1.90. The molecule has 0 atom stereocenters. The maximum atomic E-state index is 4.12. The van der Waals surface area contributed by atoms with E-state index in [2.05, 4.69) is 30.7 Å². The Morgan fingerprint density at radius 2 is 2.08 bits per heavy atom. The van der Waals surface area contributed by atoms with Crippen LogP contribution in [0.15, 0.2) is 29.0 Å². The van der Waals surface area contributed by atoms with Gasteiger partial charge < -0.3 is 5.32 Å². The summed E-state index contributed by atoms with van der Waals surface area (Å²) in [7, 11) is 1.79. The zero-order valence-electron chi connectivity index (χ0n) is 8.44.